The summed E-state index contributed by atoms with van der Waals surface area (Å²) in [5, 5.41) is 0. The first-order chi connectivity index (χ1) is 15.4. The van der Waals surface area contributed by atoms with Gasteiger partial charge in [0.25, 0.3) is 0 Å². The van der Waals surface area contributed by atoms with Crippen LogP contribution in [0.15, 0.2) is 52.5 Å². The van der Waals surface area contributed by atoms with Crippen LogP contribution in [0.25, 0.3) is 6.08 Å². The van der Waals surface area contributed by atoms with Crippen LogP contribution < -0.4 is 14.2 Å². The average Bonchev–Trinajstić information content (AvgIpc) is 2.78. The van der Waals surface area contributed by atoms with Crippen LogP contribution in [0.4, 0.5) is 0 Å². The SMILES string of the molecule is COCOc1cc(OC)c(C(=O)/C=C/c2ccc(Br)cc2)c(OCOC)c1CC=C(C)C. The van der Waals surface area contributed by atoms with Gasteiger partial charge in [-0.2, -0.15) is 0 Å². The molecule has 0 amide bonds. The number of halogens is 1. The van der Waals surface area contributed by atoms with E-state index in [0.29, 0.717) is 34.8 Å². The first-order valence-corrected chi connectivity index (χ1v) is 10.8. The lowest BCUT2D eigenvalue weighted by Crippen LogP contribution is -2.12. The van der Waals surface area contributed by atoms with Crippen molar-refractivity contribution in [3.63, 3.8) is 0 Å². The number of allylic oxidation sites excluding steroid dienone is 3. The molecule has 0 aliphatic rings. The first-order valence-electron chi connectivity index (χ1n) is 9.99. The van der Waals surface area contributed by atoms with E-state index in [1.165, 1.54) is 20.3 Å². The topological polar surface area (TPSA) is 63.2 Å². The zero-order valence-corrected chi connectivity index (χ0v) is 20.7. The average molecular weight is 505 g/mol. The van der Waals surface area contributed by atoms with Crippen LogP contribution in [0.1, 0.15) is 35.3 Å². The van der Waals surface area contributed by atoms with Crippen LogP contribution in [0.5, 0.6) is 17.2 Å². The van der Waals surface area contributed by atoms with Gasteiger partial charge in [0.15, 0.2) is 19.4 Å². The van der Waals surface area contributed by atoms with Gasteiger partial charge in [-0.25, -0.2) is 0 Å². The predicted octanol–water partition coefficient (Wildman–Crippen LogP) is 5.83. The molecule has 0 saturated heterocycles. The van der Waals surface area contributed by atoms with Gasteiger partial charge in [0.1, 0.15) is 22.8 Å². The fourth-order valence-corrected chi connectivity index (χ4v) is 3.17. The molecule has 2 aromatic rings. The van der Waals surface area contributed by atoms with Crippen LogP contribution in [0, 0.1) is 0 Å². The molecule has 172 valence electrons. The minimum Gasteiger partial charge on any atom is -0.496 e. The summed E-state index contributed by atoms with van der Waals surface area (Å²) >= 11 is 3.41. The molecule has 0 heterocycles. The molecular formula is C25H29BrO6. The molecule has 0 fully saturated rings. The Hall–Kier alpha value is -2.61. The lowest BCUT2D eigenvalue weighted by molar-refractivity contribution is 0.0441. The Morgan fingerprint density at radius 3 is 2.22 bits per heavy atom. The number of ketones is 1. The van der Waals surface area contributed by atoms with Crippen LogP contribution in [-0.4, -0.2) is 40.7 Å². The highest BCUT2D eigenvalue weighted by molar-refractivity contribution is 9.10. The quantitative estimate of drug-likeness (QED) is 0.157. The van der Waals surface area contributed by atoms with Crippen LogP contribution in [0.2, 0.25) is 0 Å². The lowest BCUT2D eigenvalue weighted by Gasteiger charge is -2.20. The van der Waals surface area contributed by atoms with Crippen molar-refractivity contribution in [2.24, 2.45) is 0 Å². The molecular weight excluding hydrogens is 476 g/mol. The van der Waals surface area contributed by atoms with E-state index >= 15 is 0 Å². The van der Waals surface area contributed by atoms with Gasteiger partial charge in [0.05, 0.1) is 7.11 Å². The first kappa shape index (κ1) is 25.6. The maximum atomic E-state index is 13.3. The molecule has 0 radical (unpaired) electrons. The molecule has 0 atom stereocenters. The van der Waals surface area contributed by atoms with Crippen molar-refractivity contribution < 1.29 is 28.5 Å². The maximum absolute atomic E-state index is 13.3. The minimum absolute atomic E-state index is 0.0323. The molecule has 0 aliphatic heterocycles. The van der Waals surface area contributed by atoms with Crippen LogP contribution in [0.3, 0.4) is 0 Å². The summed E-state index contributed by atoms with van der Waals surface area (Å²) in [6.45, 7) is 4.02. The highest BCUT2D eigenvalue weighted by atomic mass is 79.9. The molecule has 0 bridgehead atoms. The number of rotatable bonds is 12. The molecule has 2 aromatic carbocycles. The molecule has 0 N–H and O–H groups in total. The lowest BCUT2D eigenvalue weighted by atomic mass is 9.99. The minimum atomic E-state index is -0.257. The summed E-state index contributed by atoms with van der Waals surface area (Å²) < 4.78 is 28.4. The Morgan fingerprint density at radius 2 is 1.62 bits per heavy atom. The predicted molar refractivity (Wildman–Crippen MR) is 129 cm³/mol. The molecule has 0 aliphatic carbocycles. The van der Waals surface area contributed by atoms with E-state index in [2.05, 4.69) is 15.9 Å². The summed E-state index contributed by atoms with van der Waals surface area (Å²) in [6.07, 6.45) is 5.79. The summed E-state index contributed by atoms with van der Waals surface area (Å²) in [7, 11) is 4.56. The van der Waals surface area contributed by atoms with Gasteiger partial charge >= 0.3 is 0 Å². The van der Waals surface area contributed by atoms with E-state index in [-0.39, 0.29) is 19.4 Å². The third-order valence-electron chi connectivity index (χ3n) is 4.44. The molecule has 2 rings (SSSR count). The van der Waals surface area contributed by atoms with E-state index in [1.807, 2.05) is 44.2 Å². The molecule has 7 heteroatoms. The summed E-state index contributed by atoms with van der Waals surface area (Å²) in [6, 6.07) is 9.34. The second kappa shape index (κ2) is 13.1. The fraction of sp³-hybridized carbons (Fsp3) is 0.320. The number of benzene rings is 2. The number of hydrogen-bond donors (Lipinski definition) is 0. The van der Waals surface area contributed by atoms with Gasteiger partial charge < -0.3 is 23.7 Å². The maximum Gasteiger partial charge on any atom is 0.193 e. The van der Waals surface area contributed by atoms with Crippen molar-refractivity contribution in [3.05, 3.63) is 69.2 Å². The van der Waals surface area contributed by atoms with Crippen molar-refractivity contribution >= 4 is 27.8 Å². The number of hydrogen-bond acceptors (Lipinski definition) is 6. The van der Waals surface area contributed by atoms with Crippen molar-refractivity contribution in [1.82, 2.24) is 0 Å². The highest BCUT2D eigenvalue weighted by Crippen LogP contribution is 2.41. The molecule has 0 aromatic heterocycles. The van der Waals surface area contributed by atoms with Gasteiger partial charge in [0.2, 0.25) is 0 Å². The Kier molecular flexibility index (Phi) is 10.5. The summed E-state index contributed by atoms with van der Waals surface area (Å²) in [5.74, 6) is 0.960. The van der Waals surface area contributed by atoms with Crippen molar-refractivity contribution in [3.8, 4) is 17.2 Å². The zero-order chi connectivity index (χ0) is 23.5. The van der Waals surface area contributed by atoms with E-state index in [4.69, 9.17) is 23.7 Å². The van der Waals surface area contributed by atoms with Gasteiger partial charge in [0, 0.05) is 30.3 Å². The fourth-order valence-electron chi connectivity index (χ4n) is 2.90. The highest BCUT2D eigenvalue weighted by Gasteiger charge is 2.25. The largest absolute Gasteiger partial charge is 0.496 e. The number of carbonyl (C=O) groups excluding carboxylic acids is 1. The van der Waals surface area contributed by atoms with Gasteiger partial charge in [-0.1, -0.05) is 45.8 Å². The normalized spacial score (nSPS) is 10.8. The molecule has 6 nitrogen and oxygen atoms in total. The van der Waals surface area contributed by atoms with E-state index in [1.54, 1.807) is 19.3 Å². The molecule has 0 unspecified atom stereocenters. The van der Waals surface area contributed by atoms with E-state index in [0.717, 1.165) is 15.6 Å². The number of ether oxygens (including phenoxy) is 5. The second-order valence-corrected chi connectivity index (χ2v) is 8.01. The van der Waals surface area contributed by atoms with Gasteiger partial charge in [-0.05, 0) is 44.0 Å². The van der Waals surface area contributed by atoms with E-state index in [9.17, 15) is 4.79 Å². The van der Waals surface area contributed by atoms with Crippen LogP contribution >= 0.6 is 15.9 Å². The molecule has 0 spiro atoms. The third kappa shape index (κ3) is 7.22. The van der Waals surface area contributed by atoms with Crippen molar-refractivity contribution in [2.75, 3.05) is 34.9 Å². The standard InChI is InChI=1S/C25H29BrO6/c1-17(2)6-12-20-22(31-15-28-3)14-23(30-5)24(25(20)32-16-29-4)21(27)13-9-18-7-10-19(26)11-8-18/h6-11,13-14H,12,15-16H2,1-5H3/b13-9+. The van der Waals surface area contributed by atoms with Gasteiger partial charge in [-0.15, -0.1) is 0 Å². The Balaban J connectivity index is 2.60. The Bertz CT molecular complexity index is 959. The third-order valence-corrected chi connectivity index (χ3v) is 4.97. The molecule has 32 heavy (non-hydrogen) atoms. The second-order valence-electron chi connectivity index (χ2n) is 7.10. The smallest absolute Gasteiger partial charge is 0.193 e. The number of carbonyl (C=O) groups is 1. The number of methoxy groups -OCH3 is 3. The Labute approximate surface area is 197 Å². The monoisotopic (exact) mass is 504 g/mol. The van der Waals surface area contributed by atoms with Gasteiger partial charge in [-0.3, -0.25) is 4.79 Å². The molecule has 0 saturated carbocycles. The van der Waals surface area contributed by atoms with Crippen molar-refractivity contribution in [1.29, 1.82) is 0 Å². The zero-order valence-electron chi connectivity index (χ0n) is 19.1. The Morgan fingerprint density at radius 1 is 0.969 bits per heavy atom. The van der Waals surface area contributed by atoms with E-state index < -0.39 is 0 Å². The van der Waals surface area contributed by atoms with Crippen molar-refractivity contribution in [2.45, 2.75) is 20.3 Å². The van der Waals surface area contributed by atoms with Crippen LogP contribution in [-0.2, 0) is 15.9 Å². The summed E-state index contributed by atoms with van der Waals surface area (Å²) in [4.78, 5) is 13.3. The summed E-state index contributed by atoms with van der Waals surface area (Å²) in [5.41, 5.74) is 3.03.